The number of ether oxygens (including phenoxy) is 1. The molecule has 6 nitrogen and oxygen atoms in total. The number of hydrogen-bond acceptors (Lipinski definition) is 4. The summed E-state index contributed by atoms with van der Waals surface area (Å²) < 4.78 is 7.06. The maximum absolute atomic E-state index is 12.3. The van der Waals surface area contributed by atoms with Crippen LogP contribution in [0.3, 0.4) is 0 Å². The Kier molecular flexibility index (Phi) is 4.64. The van der Waals surface area contributed by atoms with Crippen molar-refractivity contribution in [3.05, 3.63) is 71.4 Å². The summed E-state index contributed by atoms with van der Waals surface area (Å²) in [4.78, 5) is 12.3. The predicted octanol–water partition coefficient (Wildman–Crippen LogP) is 2.90. The lowest BCUT2D eigenvalue weighted by Gasteiger charge is -2.25. The second-order valence-electron chi connectivity index (χ2n) is 6.68. The highest BCUT2D eigenvalue weighted by Crippen LogP contribution is 2.23. The molecule has 0 spiro atoms. The third-order valence-corrected chi connectivity index (χ3v) is 4.74. The van der Waals surface area contributed by atoms with Gasteiger partial charge in [0.25, 0.3) is 5.91 Å². The van der Waals surface area contributed by atoms with Crippen LogP contribution in [0.25, 0.3) is 11.3 Å². The van der Waals surface area contributed by atoms with E-state index in [4.69, 9.17) is 9.84 Å². The van der Waals surface area contributed by atoms with Gasteiger partial charge in [-0.25, -0.2) is 4.68 Å². The zero-order valence-electron chi connectivity index (χ0n) is 15.4. The molecule has 0 radical (unpaired) electrons. The third-order valence-electron chi connectivity index (χ3n) is 4.74. The number of aromatic nitrogens is 2. The zero-order chi connectivity index (χ0) is 18.8. The standard InChI is InChI=1S/C21H22N4O2/c1-14-6-8-16(9-7-14)18-11-19-21(26)23-13-20(25(19)24-18)22-12-15-4-3-5-17(10-15)27-2/h3-11,20,22H,12-13H2,1-2H3,(H,23,26)/t20-/m0/s1. The summed E-state index contributed by atoms with van der Waals surface area (Å²) in [6, 6.07) is 17.9. The number of methoxy groups -OCH3 is 1. The maximum Gasteiger partial charge on any atom is 0.269 e. The molecule has 0 bridgehead atoms. The lowest BCUT2D eigenvalue weighted by atomic mass is 10.1. The van der Waals surface area contributed by atoms with Gasteiger partial charge in [-0.3, -0.25) is 10.1 Å². The first-order chi connectivity index (χ1) is 13.1. The highest BCUT2D eigenvalue weighted by Gasteiger charge is 2.27. The van der Waals surface area contributed by atoms with Crippen molar-refractivity contribution in [3.8, 4) is 17.0 Å². The van der Waals surface area contributed by atoms with Gasteiger partial charge in [0.05, 0.1) is 19.3 Å². The molecule has 0 unspecified atom stereocenters. The van der Waals surface area contributed by atoms with Crippen molar-refractivity contribution in [1.82, 2.24) is 20.4 Å². The van der Waals surface area contributed by atoms with Gasteiger partial charge in [0.15, 0.2) is 0 Å². The van der Waals surface area contributed by atoms with Crippen LogP contribution < -0.4 is 15.4 Å². The van der Waals surface area contributed by atoms with E-state index in [-0.39, 0.29) is 12.1 Å². The number of fused-ring (bicyclic) bond motifs is 1. The second-order valence-corrected chi connectivity index (χ2v) is 6.68. The summed E-state index contributed by atoms with van der Waals surface area (Å²) in [5, 5.41) is 11.1. The van der Waals surface area contributed by atoms with Gasteiger partial charge < -0.3 is 10.1 Å². The molecule has 6 heteroatoms. The van der Waals surface area contributed by atoms with Crippen LogP contribution in [-0.2, 0) is 6.54 Å². The molecule has 0 fully saturated rings. The summed E-state index contributed by atoms with van der Waals surface area (Å²) >= 11 is 0. The van der Waals surface area contributed by atoms with Gasteiger partial charge >= 0.3 is 0 Å². The van der Waals surface area contributed by atoms with E-state index in [0.717, 1.165) is 22.6 Å². The predicted molar refractivity (Wildman–Crippen MR) is 104 cm³/mol. The number of benzene rings is 2. The molecule has 1 amide bonds. The number of aryl methyl sites for hydroxylation is 1. The molecule has 138 valence electrons. The molecule has 0 saturated heterocycles. The van der Waals surface area contributed by atoms with Crippen molar-refractivity contribution in [2.75, 3.05) is 13.7 Å². The summed E-state index contributed by atoms with van der Waals surface area (Å²) in [6.07, 6.45) is -0.108. The monoisotopic (exact) mass is 362 g/mol. The van der Waals surface area contributed by atoms with Crippen LogP contribution in [0.4, 0.5) is 0 Å². The Bertz CT molecular complexity index is 963. The minimum atomic E-state index is -0.108. The highest BCUT2D eigenvalue weighted by atomic mass is 16.5. The molecular weight excluding hydrogens is 340 g/mol. The van der Waals surface area contributed by atoms with Gasteiger partial charge in [-0.1, -0.05) is 42.0 Å². The Morgan fingerprint density at radius 1 is 1.22 bits per heavy atom. The zero-order valence-corrected chi connectivity index (χ0v) is 15.4. The van der Waals surface area contributed by atoms with Crippen LogP contribution in [0.5, 0.6) is 5.75 Å². The topological polar surface area (TPSA) is 68.2 Å². The molecular formula is C21H22N4O2. The summed E-state index contributed by atoms with van der Waals surface area (Å²) in [6.45, 7) is 3.19. The summed E-state index contributed by atoms with van der Waals surface area (Å²) in [7, 11) is 1.66. The highest BCUT2D eigenvalue weighted by molar-refractivity contribution is 5.94. The number of hydrogen-bond donors (Lipinski definition) is 2. The van der Waals surface area contributed by atoms with Crippen LogP contribution in [-0.4, -0.2) is 29.3 Å². The summed E-state index contributed by atoms with van der Waals surface area (Å²) in [5.74, 6) is 0.730. The molecule has 2 heterocycles. The van der Waals surface area contributed by atoms with Crippen molar-refractivity contribution >= 4 is 5.91 Å². The Hall–Kier alpha value is -3.12. The van der Waals surface area contributed by atoms with Crippen LogP contribution in [0.1, 0.15) is 27.8 Å². The second kappa shape index (κ2) is 7.25. The number of nitrogens with one attached hydrogen (secondary N) is 2. The number of carbonyl (C=O) groups excluding carboxylic acids is 1. The van der Waals surface area contributed by atoms with E-state index in [0.29, 0.717) is 18.8 Å². The van der Waals surface area contributed by atoms with Crippen molar-refractivity contribution < 1.29 is 9.53 Å². The van der Waals surface area contributed by atoms with E-state index in [1.807, 2.05) is 61.5 Å². The van der Waals surface area contributed by atoms with Crippen LogP contribution in [0.2, 0.25) is 0 Å². The van der Waals surface area contributed by atoms with E-state index in [1.54, 1.807) is 11.8 Å². The SMILES string of the molecule is COc1cccc(CN[C@@H]2CNC(=O)c3cc(-c4ccc(C)cc4)nn32)c1. The van der Waals surface area contributed by atoms with Gasteiger partial charge in [0.2, 0.25) is 0 Å². The first-order valence-electron chi connectivity index (χ1n) is 8.95. The number of rotatable bonds is 5. The van der Waals surface area contributed by atoms with Crippen molar-refractivity contribution in [1.29, 1.82) is 0 Å². The molecule has 27 heavy (non-hydrogen) atoms. The number of nitrogens with zero attached hydrogens (tertiary/aromatic N) is 2. The fourth-order valence-corrected chi connectivity index (χ4v) is 3.21. The Balaban J connectivity index is 1.57. The van der Waals surface area contributed by atoms with Crippen LogP contribution in [0.15, 0.2) is 54.6 Å². The van der Waals surface area contributed by atoms with Crippen LogP contribution >= 0.6 is 0 Å². The molecule has 1 atom stereocenters. The molecule has 0 saturated carbocycles. The Labute approximate surface area is 158 Å². The largest absolute Gasteiger partial charge is 0.497 e. The molecule has 0 aliphatic carbocycles. The minimum Gasteiger partial charge on any atom is -0.497 e. The quantitative estimate of drug-likeness (QED) is 0.732. The molecule has 2 N–H and O–H groups in total. The fraction of sp³-hybridized carbons (Fsp3) is 0.238. The van der Waals surface area contributed by atoms with Gasteiger partial charge in [0.1, 0.15) is 17.6 Å². The summed E-state index contributed by atoms with van der Waals surface area (Å²) in [5.41, 5.74) is 4.68. The van der Waals surface area contributed by atoms with Crippen molar-refractivity contribution in [2.24, 2.45) is 0 Å². The Morgan fingerprint density at radius 3 is 2.81 bits per heavy atom. The normalized spacial score (nSPS) is 15.9. The van der Waals surface area contributed by atoms with E-state index in [1.165, 1.54) is 5.56 Å². The van der Waals surface area contributed by atoms with E-state index in [2.05, 4.69) is 10.6 Å². The minimum absolute atomic E-state index is 0.0970. The molecule has 2 aromatic carbocycles. The molecule has 1 aliphatic heterocycles. The third kappa shape index (κ3) is 3.57. The lowest BCUT2D eigenvalue weighted by molar-refractivity contribution is 0.0900. The number of amides is 1. The van der Waals surface area contributed by atoms with Gasteiger partial charge in [-0.15, -0.1) is 0 Å². The van der Waals surface area contributed by atoms with Crippen molar-refractivity contribution in [3.63, 3.8) is 0 Å². The Morgan fingerprint density at radius 2 is 2.04 bits per heavy atom. The van der Waals surface area contributed by atoms with Crippen molar-refractivity contribution in [2.45, 2.75) is 19.6 Å². The first-order valence-corrected chi connectivity index (χ1v) is 8.95. The average Bonchev–Trinajstić information content (AvgIpc) is 3.15. The van der Waals surface area contributed by atoms with E-state index < -0.39 is 0 Å². The fourth-order valence-electron chi connectivity index (χ4n) is 3.21. The van der Waals surface area contributed by atoms with E-state index >= 15 is 0 Å². The average molecular weight is 362 g/mol. The van der Waals surface area contributed by atoms with Gasteiger partial charge in [-0.2, -0.15) is 5.10 Å². The molecule has 3 aromatic rings. The molecule has 1 aromatic heterocycles. The number of carbonyl (C=O) groups is 1. The first kappa shape index (κ1) is 17.3. The van der Waals surface area contributed by atoms with Crippen LogP contribution in [0, 0.1) is 6.92 Å². The maximum atomic E-state index is 12.3. The molecule has 1 aliphatic rings. The smallest absolute Gasteiger partial charge is 0.269 e. The van der Waals surface area contributed by atoms with E-state index in [9.17, 15) is 4.79 Å². The van der Waals surface area contributed by atoms with Gasteiger partial charge in [-0.05, 0) is 30.7 Å². The lowest BCUT2D eigenvalue weighted by Crippen LogP contribution is -2.45. The van der Waals surface area contributed by atoms with Gasteiger partial charge in [0, 0.05) is 12.1 Å². The molecule has 4 rings (SSSR count).